The van der Waals surface area contributed by atoms with E-state index in [1.165, 1.54) is 16.9 Å². The van der Waals surface area contributed by atoms with E-state index in [9.17, 15) is 4.79 Å². The number of ether oxygens (including phenoxy) is 1. The third kappa shape index (κ3) is 5.29. The molecule has 4 aromatic rings. The number of benzene rings is 2. The zero-order chi connectivity index (χ0) is 23.5. The normalized spacial score (nSPS) is 10.9. The number of amides is 1. The Kier molecular flexibility index (Phi) is 6.86. The molecule has 5 nitrogen and oxygen atoms in total. The van der Waals surface area contributed by atoms with E-state index in [-0.39, 0.29) is 5.91 Å². The van der Waals surface area contributed by atoms with Gasteiger partial charge in [-0.3, -0.25) is 9.48 Å². The summed E-state index contributed by atoms with van der Waals surface area (Å²) < 4.78 is 7.81. The van der Waals surface area contributed by atoms with Crippen LogP contribution in [0.25, 0.3) is 0 Å². The number of carbonyl (C=O) groups is 1. The van der Waals surface area contributed by atoms with Gasteiger partial charge in [0, 0.05) is 10.6 Å². The molecule has 0 bridgehead atoms. The van der Waals surface area contributed by atoms with E-state index in [0.29, 0.717) is 23.1 Å². The monoisotopic (exact) mass is 479 g/mol. The van der Waals surface area contributed by atoms with Crippen molar-refractivity contribution in [2.45, 2.75) is 40.8 Å². The van der Waals surface area contributed by atoms with E-state index in [1.807, 2.05) is 73.3 Å². The van der Waals surface area contributed by atoms with Crippen LogP contribution in [0, 0.1) is 27.7 Å². The molecule has 0 saturated heterocycles. The highest BCUT2D eigenvalue weighted by atomic mass is 35.5. The van der Waals surface area contributed by atoms with Crippen LogP contribution in [-0.2, 0) is 13.2 Å². The molecule has 33 heavy (non-hydrogen) atoms. The Morgan fingerprint density at radius 2 is 1.91 bits per heavy atom. The zero-order valence-electron chi connectivity index (χ0n) is 19.1. The molecular weight excluding hydrogens is 454 g/mol. The number of aromatic nitrogens is 2. The Bertz CT molecular complexity index is 1310. The summed E-state index contributed by atoms with van der Waals surface area (Å²) in [6, 6.07) is 15.7. The molecule has 170 valence electrons. The molecule has 2 aromatic heterocycles. The van der Waals surface area contributed by atoms with Gasteiger partial charge in [-0.25, -0.2) is 0 Å². The lowest BCUT2D eigenvalue weighted by Gasteiger charge is -2.09. The van der Waals surface area contributed by atoms with E-state index in [4.69, 9.17) is 16.3 Å². The summed E-state index contributed by atoms with van der Waals surface area (Å²) in [5, 5.41) is 10.3. The first-order valence-corrected chi connectivity index (χ1v) is 11.9. The molecule has 2 heterocycles. The number of nitrogens with one attached hydrogen (secondary N) is 1. The quantitative estimate of drug-likeness (QED) is 0.320. The second-order valence-electron chi connectivity index (χ2n) is 8.13. The average Bonchev–Trinajstić information content (AvgIpc) is 3.35. The van der Waals surface area contributed by atoms with E-state index in [1.54, 1.807) is 0 Å². The van der Waals surface area contributed by atoms with Crippen LogP contribution >= 0.6 is 22.9 Å². The highest BCUT2D eigenvalue weighted by Crippen LogP contribution is 2.25. The Morgan fingerprint density at radius 1 is 1.12 bits per heavy atom. The fraction of sp³-hybridized carbons (Fsp3) is 0.231. The maximum absolute atomic E-state index is 12.9. The lowest BCUT2D eigenvalue weighted by Crippen LogP contribution is -2.12. The minimum atomic E-state index is -0.152. The van der Waals surface area contributed by atoms with Gasteiger partial charge in [0.15, 0.2) is 0 Å². The van der Waals surface area contributed by atoms with Crippen molar-refractivity contribution < 1.29 is 9.53 Å². The van der Waals surface area contributed by atoms with Crippen molar-refractivity contribution in [3.8, 4) is 5.75 Å². The van der Waals surface area contributed by atoms with E-state index in [2.05, 4.69) is 23.4 Å². The second kappa shape index (κ2) is 9.81. The lowest BCUT2D eigenvalue weighted by molar-refractivity contribution is 0.103. The molecule has 0 aliphatic heterocycles. The van der Waals surface area contributed by atoms with Crippen molar-refractivity contribution in [2.24, 2.45) is 0 Å². The number of carbonyl (C=O) groups excluding carboxylic acids is 1. The Hall–Kier alpha value is -3.09. The van der Waals surface area contributed by atoms with Crippen LogP contribution in [0.1, 0.15) is 43.3 Å². The Balaban J connectivity index is 1.43. The molecule has 0 aliphatic rings. The number of aryl methyl sites for hydroxylation is 3. The molecular formula is C26H26ClN3O2S. The third-order valence-corrected chi connectivity index (χ3v) is 6.85. The van der Waals surface area contributed by atoms with Crippen molar-refractivity contribution in [3.05, 3.63) is 97.5 Å². The van der Waals surface area contributed by atoms with Gasteiger partial charge in [-0.05, 0) is 62.4 Å². The van der Waals surface area contributed by atoms with Crippen LogP contribution in [0.15, 0.2) is 53.9 Å². The molecule has 0 atom stereocenters. The van der Waals surface area contributed by atoms with E-state index in [0.717, 1.165) is 39.5 Å². The summed E-state index contributed by atoms with van der Waals surface area (Å²) in [5.74, 6) is 0.705. The van der Waals surface area contributed by atoms with Gasteiger partial charge in [-0.2, -0.15) is 5.10 Å². The Morgan fingerprint density at radius 3 is 2.67 bits per heavy atom. The summed E-state index contributed by atoms with van der Waals surface area (Å²) in [6.45, 7) is 8.89. The van der Waals surface area contributed by atoms with Crippen LogP contribution in [0.3, 0.4) is 0 Å². The van der Waals surface area contributed by atoms with Gasteiger partial charge in [0.1, 0.15) is 12.4 Å². The number of hydrogen-bond acceptors (Lipinski definition) is 4. The SMILES string of the molecule is Cc1ccc(OCc2csc(C(=O)Nc3c(C)nn(Cc4ccccc4Cl)c3C)c2)c(C)c1. The fourth-order valence-corrected chi connectivity index (χ4v) is 4.67. The van der Waals surface area contributed by atoms with Crippen LogP contribution in [0.4, 0.5) is 5.69 Å². The van der Waals surface area contributed by atoms with Gasteiger partial charge < -0.3 is 10.1 Å². The largest absolute Gasteiger partial charge is 0.489 e. The van der Waals surface area contributed by atoms with Crippen LogP contribution < -0.4 is 10.1 Å². The van der Waals surface area contributed by atoms with E-state index >= 15 is 0 Å². The smallest absolute Gasteiger partial charge is 0.265 e. The predicted octanol–water partition coefficient (Wildman–Crippen LogP) is 6.71. The summed E-state index contributed by atoms with van der Waals surface area (Å²) in [6.07, 6.45) is 0. The first-order chi connectivity index (χ1) is 15.8. The minimum Gasteiger partial charge on any atom is -0.489 e. The first kappa shape index (κ1) is 23.1. The number of anilines is 1. The highest BCUT2D eigenvalue weighted by molar-refractivity contribution is 7.12. The average molecular weight is 480 g/mol. The highest BCUT2D eigenvalue weighted by Gasteiger charge is 2.17. The zero-order valence-corrected chi connectivity index (χ0v) is 20.7. The standard InChI is InChI=1S/C26H26ClN3O2S/c1-16-9-10-23(17(2)11-16)32-14-20-12-24(33-15-20)26(31)28-25-18(3)29-30(19(25)4)13-21-7-5-6-8-22(21)27/h5-12,15H,13-14H2,1-4H3,(H,28,31). The molecule has 0 spiro atoms. The van der Waals surface area contributed by atoms with Gasteiger partial charge in [0.2, 0.25) is 0 Å². The number of halogens is 1. The second-order valence-corrected chi connectivity index (χ2v) is 9.44. The number of hydrogen-bond donors (Lipinski definition) is 1. The molecule has 0 radical (unpaired) electrons. The molecule has 0 saturated carbocycles. The topological polar surface area (TPSA) is 56.1 Å². The molecule has 0 fully saturated rings. The van der Waals surface area contributed by atoms with Crippen LogP contribution in [-0.4, -0.2) is 15.7 Å². The van der Waals surface area contributed by atoms with Crippen molar-refractivity contribution in [1.82, 2.24) is 9.78 Å². The molecule has 1 amide bonds. The fourth-order valence-electron chi connectivity index (χ4n) is 3.69. The lowest BCUT2D eigenvalue weighted by atomic mass is 10.1. The van der Waals surface area contributed by atoms with Crippen LogP contribution in [0.2, 0.25) is 5.02 Å². The summed E-state index contributed by atoms with van der Waals surface area (Å²) >= 11 is 7.71. The van der Waals surface area contributed by atoms with Gasteiger partial charge >= 0.3 is 0 Å². The Labute approximate surface area is 203 Å². The predicted molar refractivity (Wildman–Crippen MR) is 135 cm³/mol. The molecule has 2 aromatic carbocycles. The van der Waals surface area contributed by atoms with Crippen molar-refractivity contribution in [2.75, 3.05) is 5.32 Å². The van der Waals surface area contributed by atoms with Gasteiger partial charge in [0.05, 0.1) is 28.5 Å². The molecule has 0 unspecified atom stereocenters. The summed E-state index contributed by atoms with van der Waals surface area (Å²) in [4.78, 5) is 13.6. The van der Waals surface area contributed by atoms with Crippen molar-refractivity contribution in [3.63, 3.8) is 0 Å². The number of nitrogens with zero attached hydrogens (tertiary/aromatic N) is 2. The molecule has 4 rings (SSSR count). The van der Waals surface area contributed by atoms with Gasteiger partial charge in [-0.15, -0.1) is 11.3 Å². The molecule has 0 aliphatic carbocycles. The van der Waals surface area contributed by atoms with Gasteiger partial charge in [0.25, 0.3) is 5.91 Å². The third-order valence-electron chi connectivity index (χ3n) is 5.50. The van der Waals surface area contributed by atoms with Crippen molar-refractivity contribution >= 4 is 34.5 Å². The molecule has 7 heteroatoms. The first-order valence-electron chi connectivity index (χ1n) is 10.7. The maximum atomic E-state index is 12.9. The number of rotatable bonds is 7. The summed E-state index contributed by atoms with van der Waals surface area (Å²) in [7, 11) is 0. The minimum absolute atomic E-state index is 0.152. The number of thiophene rings is 1. The molecule has 1 N–H and O–H groups in total. The van der Waals surface area contributed by atoms with Crippen molar-refractivity contribution in [1.29, 1.82) is 0 Å². The summed E-state index contributed by atoms with van der Waals surface area (Å²) in [5.41, 5.74) is 6.63. The van der Waals surface area contributed by atoms with Gasteiger partial charge in [-0.1, -0.05) is 47.5 Å². The van der Waals surface area contributed by atoms with Crippen LogP contribution in [0.5, 0.6) is 5.75 Å². The van der Waals surface area contributed by atoms with E-state index < -0.39 is 0 Å². The maximum Gasteiger partial charge on any atom is 0.265 e.